The number of hydrogen-bond donors (Lipinski definition) is 1. The van der Waals surface area contributed by atoms with Gasteiger partial charge in [0.1, 0.15) is 11.9 Å². The summed E-state index contributed by atoms with van der Waals surface area (Å²) in [6.45, 7) is 0.227. The molecule has 3 rings (SSSR count). The summed E-state index contributed by atoms with van der Waals surface area (Å²) in [5.41, 5.74) is -0.543. The van der Waals surface area contributed by atoms with E-state index in [0.29, 0.717) is 17.8 Å². The molecule has 1 amide bonds. The molecular weight excluding hydrogens is 388 g/mol. The number of rotatable bonds is 4. The van der Waals surface area contributed by atoms with Crippen LogP contribution in [0.3, 0.4) is 0 Å². The number of hydrogen-bond acceptors (Lipinski definition) is 3. The number of nitrogens with one attached hydrogen (secondary N) is 1. The minimum Gasteiger partial charge on any atom is -0.311 e. The molecule has 0 unspecified atom stereocenters. The van der Waals surface area contributed by atoms with Crippen molar-refractivity contribution in [2.75, 3.05) is 11.4 Å². The molecule has 0 spiro atoms. The van der Waals surface area contributed by atoms with Gasteiger partial charge < -0.3 is 4.90 Å². The SMILES string of the molecule is O=C1[C@@H](NS(=O)(=O)c2ccc(C(F)(F)F)cc2)CCN1c1ccc(F)cc1. The molecule has 1 heterocycles. The van der Waals surface area contributed by atoms with Crippen molar-refractivity contribution in [2.24, 2.45) is 0 Å². The monoisotopic (exact) mass is 402 g/mol. The van der Waals surface area contributed by atoms with Crippen LogP contribution in [-0.2, 0) is 21.0 Å². The van der Waals surface area contributed by atoms with E-state index in [9.17, 15) is 30.8 Å². The first-order valence-corrected chi connectivity index (χ1v) is 9.33. The Morgan fingerprint density at radius 3 is 2.15 bits per heavy atom. The average Bonchev–Trinajstić information content (AvgIpc) is 2.95. The van der Waals surface area contributed by atoms with Crippen LogP contribution in [0.15, 0.2) is 53.4 Å². The highest BCUT2D eigenvalue weighted by Crippen LogP contribution is 2.30. The molecule has 0 radical (unpaired) electrons. The van der Waals surface area contributed by atoms with E-state index in [4.69, 9.17) is 0 Å². The zero-order chi connectivity index (χ0) is 19.8. The Kier molecular flexibility index (Phi) is 4.96. The fourth-order valence-corrected chi connectivity index (χ4v) is 3.97. The molecule has 0 aliphatic carbocycles. The Morgan fingerprint density at radius 2 is 1.59 bits per heavy atom. The summed E-state index contributed by atoms with van der Waals surface area (Å²) >= 11 is 0. The van der Waals surface area contributed by atoms with Gasteiger partial charge in [0.05, 0.1) is 10.5 Å². The molecule has 10 heteroatoms. The number of halogens is 4. The molecule has 27 heavy (non-hydrogen) atoms. The summed E-state index contributed by atoms with van der Waals surface area (Å²) in [6, 6.07) is 7.11. The number of carbonyl (C=O) groups excluding carboxylic acids is 1. The number of alkyl halides is 3. The number of carbonyl (C=O) groups is 1. The van der Waals surface area contributed by atoms with Gasteiger partial charge in [-0.15, -0.1) is 0 Å². The van der Waals surface area contributed by atoms with Gasteiger partial charge in [0.2, 0.25) is 15.9 Å². The summed E-state index contributed by atoms with van der Waals surface area (Å²) in [6.07, 6.45) is -4.40. The fourth-order valence-electron chi connectivity index (χ4n) is 2.75. The van der Waals surface area contributed by atoms with Crippen molar-refractivity contribution in [3.63, 3.8) is 0 Å². The van der Waals surface area contributed by atoms with Crippen LogP contribution in [0.25, 0.3) is 0 Å². The Bertz CT molecular complexity index is 942. The lowest BCUT2D eigenvalue weighted by molar-refractivity contribution is -0.137. The van der Waals surface area contributed by atoms with Crippen molar-refractivity contribution in [3.05, 3.63) is 59.9 Å². The maximum atomic E-state index is 13.0. The zero-order valence-electron chi connectivity index (χ0n) is 13.7. The number of nitrogens with zero attached hydrogens (tertiary/aromatic N) is 1. The second-order valence-electron chi connectivity index (χ2n) is 5.95. The van der Waals surface area contributed by atoms with Crippen LogP contribution in [0.1, 0.15) is 12.0 Å². The van der Waals surface area contributed by atoms with Crippen LogP contribution in [-0.4, -0.2) is 26.9 Å². The largest absolute Gasteiger partial charge is 0.416 e. The predicted molar refractivity (Wildman–Crippen MR) is 88.9 cm³/mol. The third-order valence-electron chi connectivity index (χ3n) is 4.13. The highest BCUT2D eigenvalue weighted by Gasteiger charge is 2.36. The van der Waals surface area contributed by atoms with E-state index < -0.39 is 39.5 Å². The molecule has 0 bridgehead atoms. The highest BCUT2D eigenvalue weighted by atomic mass is 32.2. The van der Waals surface area contributed by atoms with Crippen LogP contribution in [0.4, 0.5) is 23.2 Å². The van der Waals surface area contributed by atoms with Gasteiger partial charge in [-0.3, -0.25) is 4.79 Å². The predicted octanol–water partition coefficient (Wildman–Crippen LogP) is 2.93. The van der Waals surface area contributed by atoms with Crippen molar-refractivity contribution in [1.29, 1.82) is 0 Å². The van der Waals surface area contributed by atoms with Crippen LogP contribution >= 0.6 is 0 Å². The highest BCUT2D eigenvalue weighted by molar-refractivity contribution is 7.89. The standard InChI is InChI=1S/C17H14F4N2O3S/c18-12-3-5-13(6-4-12)23-10-9-15(16(23)24)22-27(25,26)14-7-1-11(2-8-14)17(19,20)21/h1-8,15,22H,9-10H2/t15-/m0/s1. The lowest BCUT2D eigenvalue weighted by Crippen LogP contribution is -2.41. The second-order valence-corrected chi connectivity index (χ2v) is 7.66. The van der Waals surface area contributed by atoms with Crippen LogP contribution in [0.2, 0.25) is 0 Å². The lowest BCUT2D eigenvalue weighted by atomic mass is 10.2. The van der Waals surface area contributed by atoms with Crippen molar-refractivity contribution < 1.29 is 30.8 Å². The molecular formula is C17H14F4N2O3S. The normalized spacial score (nSPS) is 18.1. The number of anilines is 1. The Morgan fingerprint density at radius 1 is 1.00 bits per heavy atom. The summed E-state index contributed by atoms with van der Waals surface area (Å²) in [7, 11) is -4.18. The van der Waals surface area contributed by atoms with Gasteiger partial charge in [-0.1, -0.05) is 0 Å². The van der Waals surface area contributed by atoms with E-state index in [1.165, 1.54) is 29.2 Å². The third-order valence-corrected chi connectivity index (χ3v) is 5.62. The van der Waals surface area contributed by atoms with Gasteiger partial charge in [-0.05, 0) is 55.0 Å². The third kappa shape index (κ3) is 4.11. The fraction of sp³-hybridized carbons (Fsp3) is 0.235. The van der Waals surface area contributed by atoms with E-state index in [2.05, 4.69) is 4.72 Å². The Balaban J connectivity index is 1.74. The Hall–Kier alpha value is -2.46. The van der Waals surface area contributed by atoms with E-state index >= 15 is 0 Å². The van der Waals surface area contributed by atoms with E-state index in [0.717, 1.165) is 12.1 Å². The summed E-state index contributed by atoms with van der Waals surface area (Å²) in [5.74, 6) is -0.984. The smallest absolute Gasteiger partial charge is 0.311 e. The molecule has 1 aliphatic rings. The van der Waals surface area contributed by atoms with Crippen LogP contribution in [0.5, 0.6) is 0 Å². The van der Waals surface area contributed by atoms with Gasteiger partial charge >= 0.3 is 6.18 Å². The molecule has 0 saturated carbocycles. The molecule has 1 fully saturated rings. The minimum absolute atomic E-state index is 0.177. The molecule has 1 aliphatic heterocycles. The van der Waals surface area contributed by atoms with Crippen molar-refractivity contribution in [3.8, 4) is 0 Å². The van der Waals surface area contributed by atoms with E-state index in [-0.39, 0.29) is 17.9 Å². The quantitative estimate of drug-likeness (QED) is 0.800. The molecule has 0 aromatic heterocycles. The van der Waals surface area contributed by atoms with Gasteiger partial charge in [0.25, 0.3) is 0 Å². The number of amides is 1. The van der Waals surface area contributed by atoms with Gasteiger partial charge in [0.15, 0.2) is 0 Å². The molecule has 2 aromatic rings. The summed E-state index contributed by atoms with van der Waals surface area (Å²) in [4.78, 5) is 13.4. The molecule has 1 saturated heterocycles. The molecule has 2 aromatic carbocycles. The van der Waals surface area contributed by atoms with Crippen LogP contribution in [0, 0.1) is 5.82 Å². The van der Waals surface area contributed by atoms with Crippen molar-refractivity contribution in [1.82, 2.24) is 4.72 Å². The second kappa shape index (κ2) is 6.93. The maximum Gasteiger partial charge on any atom is 0.416 e. The van der Waals surface area contributed by atoms with Gasteiger partial charge in [0, 0.05) is 12.2 Å². The number of benzene rings is 2. The molecule has 144 valence electrons. The Labute approximate surface area is 152 Å². The van der Waals surface area contributed by atoms with Gasteiger partial charge in [-0.25, -0.2) is 12.8 Å². The van der Waals surface area contributed by atoms with E-state index in [1.807, 2.05) is 0 Å². The lowest BCUT2D eigenvalue weighted by Gasteiger charge is -2.17. The topological polar surface area (TPSA) is 66.5 Å². The first-order chi connectivity index (χ1) is 12.6. The van der Waals surface area contributed by atoms with E-state index in [1.54, 1.807) is 0 Å². The molecule has 1 N–H and O–H groups in total. The van der Waals surface area contributed by atoms with Crippen LogP contribution < -0.4 is 9.62 Å². The average molecular weight is 402 g/mol. The maximum absolute atomic E-state index is 13.0. The van der Waals surface area contributed by atoms with Gasteiger partial charge in [-0.2, -0.15) is 17.9 Å². The summed E-state index contributed by atoms with van der Waals surface area (Å²) < 4.78 is 77.7. The van der Waals surface area contributed by atoms with Crippen molar-refractivity contribution in [2.45, 2.75) is 23.5 Å². The summed E-state index contributed by atoms with van der Waals surface area (Å²) in [5, 5.41) is 0. The first-order valence-electron chi connectivity index (χ1n) is 7.84. The molecule has 1 atom stereocenters. The molecule has 5 nitrogen and oxygen atoms in total. The number of sulfonamides is 1. The van der Waals surface area contributed by atoms with Crippen molar-refractivity contribution >= 4 is 21.6 Å². The first kappa shape index (κ1) is 19.3. The minimum atomic E-state index is -4.58. The zero-order valence-corrected chi connectivity index (χ0v) is 14.5.